The largest absolute Gasteiger partial charge is 0.482 e. The molecule has 0 N–H and O–H groups in total. The predicted molar refractivity (Wildman–Crippen MR) is 90.6 cm³/mol. The molecule has 0 aliphatic rings. The Bertz CT molecular complexity index is 752. The highest BCUT2D eigenvalue weighted by Crippen LogP contribution is 2.17. The lowest BCUT2D eigenvalue weighted by Crippen LogP contribution is -2.27. The summed E-state index contributed by atoms with van der Waals surface area (Å²) in [5.74, 6) is -0.740. The molecule has 0 aliphatic carbocycles. The highest BCUT2D eigenvalue weighted by Gasteiger charge is 2.22. The van der Waals surface area contributed by atoms with Crippen LogP contribution in [-0.4, -0.2) is 38.2 Å². The van der Waals surface area contributed by atoms with Crippen molar-refractivity contribution in [2.24, 2.45) is 0 Å². The van der Waals surface area contributed by atoms with Crippen molar-refractivity contribution in [3.8, 4) is 5.75 Å². The summed E-state index contributed by atoms with van der Waals surface area (Å²) in [4.78, 5) is 24.5. The number of pyridine rings is 1. The molecule has 1 heterocycles. The van der Waals surface area contributed by atoms with Gasteiger partial charge < -0.3 is 23.5 Å². The second-order valence-electron chi connectivity index (χ2n) is 5.18. The number of benzene rings is 1. The number of hydrogen-bond acceptors (Lipinski definition) is 6. The van der Waals surface area contributed by atoms with Gasteiger partial charge >= 0.3 is 5.97 Å². The van der Waals surface area contributed by atoms with E-state index in [0.29, 0.717) is 0 Å². The number of aromatic nitrogens is 1. The Labute approximate surface area is 145 Å². The lowest BCUT2D eigenvalue weighted by Gasteiger charge is -2.19. The van der Waals surface area contributed by atoms with Crippen LogP contribution in [0.3, 0.4) is 0 Å². The van der Waals surface area contributed by atoms with Crippen LogP contribution in [0.5, 0.6) is 5.75 Å². The van der Waals surface area contributed by atoms with E-state index in [1.165, 1.54) is 38.2 Å². The number of carbonyl (C=O) groups is 1. The van der Waals surface area contributed by atoms with Gasteiger partial charge in [0.2, 0.25) is 5.43 Å². The SMILES string of the molecule is COC(=O)c1c(OCc2ccccc2)c(=O)ccn1CC(OC)OC. The molecule has 0 spiro atoms. The average molecular weight is 347 g/mol. The molecule has 7 nitrogen and oxygen atoms in total. The first-order valence-electron chi connectivity index (χ1n) is 7.64. The van der Waals surface area contributed by atoms with Gasteiger partial charge in [0.1, 0.15) is 6.61 Å². The molecule has 2 aromatic rings. The molecule has 1 aromatic carbocycles. The number of esters is 1. The zero-order valence-corrected chi connectivity index (χ0v) is 14.4. The summed E-state index contributed by atoms with van der Waals surface area (Å²) >= 11 is 0. The highest BCUT2D eigenvalue weighted by atomic mass is 16.7. The van der Waals surface area contributed by atoms with Gasteiger partial charge in [0.15, 0.2) is 17.7 Å². The van der Waals surface area contributed by atoms with E-state index in [4.69, 9.17) is 18.9 Å². The number of carbonyl (C=O) groups excluding carboxylic acids is 1. The molecule has 0 atom stereocenters. The maximum Gasteiger partial charge on any atom is 0.358 e. The molecule has 2 rings (SSSR count). The lowest BCUT2D eigenvalue weighted by molar-refractivity contribution is -0.111. The second kappa shape index (κ2) is 9.00. The fourth-order valence-electron chi connectivity index (χ4n) is 2.29. The van der Waals surface area contributed by atoms with E-state index in [2.05, 4.69) is 0 Å². The molecule has 134 valence electrons. The minimum absolute atomic E-state index is 0.0185. The number of methoxy groups -OCH3 is 3. The first-order chi connectivity index (χ1) is 12.1. The molecule has 0 radical (unpaired) electrons. The molecule has 7 heteroatoms. The number of hydrogen-bond donors (Lipinski definition) is 0. The van der Waals surface area contributed by atoms with Crippen LogP contribution < -0.4 is 10.2 Å². The first-order valence-corrected chi connectivity index (χ1v) is 7.64. The molecule has 0 fully saturated rings. The van der Waals surface area contributed by atoms with E-state index in [-0.39, 0.29) is 24.6 Å². The molecule has 25 heavy (non-hydrogen) atoms. The average Bonchev–Trinajstić information content (AvgIpc) is 2.65. The third-order valence-corrected chi connectivity index (χ3v) is 3.61. The standard InChI is InChI=1S/C18H21NO6/c1-22-15(23-2)11-19-10-9-14(20)17(16(19)18(21)24-3)25-12-13-7-5-4-6-8-13/h4-10,15H,11-12H2,1-3H3. The number of ether oxygens (including phenoxy) is 4. The molecule has 0 amide bonds. The molecule has 0 bridgehead atoms. The van der Waals surface area contributed by atoms with Gasteiger partial charge in [0, 0.05) is 26.5 Å². The molecule has 0 unspecified atom stereocenters. The van der Waals surface area contributed by atoms with Crippen molar-refractivity contribution in [2.75, 3.05) is 21.3 Å². The molecule has 1 aromatic heterocycles. The fourth-order valence-corrected chi connectivity index (χ4v) is 2.29. The third-order valence-electron chi connectivity index (χ3n) is 3.61. The van der Waals surface area contributed by atoms with Crippen LogP contribution in [0.1, 0.15) is 16.1 Å². The van der Waals surface area contributed by atoms with E-state index in [9.17, 15) is 9.59 Å². The minimum atomic E-state index is -0.674. The summed E-state index contributed by atoms with van der Waals surface area (Å²) in [6, 6.07) is 10.7. The van der Waals surface area contributed by atoms with Crippen molar-refractivity contribution in [3.63, 3.8) is 0 Å². The van der Waals surface area contributed by atoms with Gasteiger partial charge in [-0.05, 0) is 5.56 Å². The zero-order chi connectivity index (χ0) is 18.2. The van der Waals surface area contributed by atoms with Crippen LogP contribution in [0.15, 0.2) is 47.4 Å². The highest BCUT2D eigenvalue weighted by molar-refractivity contribution is 5.90. The number of rotatable bonds is 8. The van der Waals surface area contributed by atoms with Gasteiger partial charge in [-0.3, -0.25) is 4.79 Å². The van der Waals surface area contributed by atoms with Gasteiger partial charge in [-0.1, -0.05) is 30.3 Å². The van der Waals surface area contributed by atoms with Crippen molar-refractivity contribution in [1.29, 1.82) is 0 Å². The van der Waals surface area contributed by atoms with Crippen molar-refractivity contribution in [2.45, 2.75) is 19.4 Å². The number of nitrogens with zero attached hydrogens (tertiary/aromatic N) is 1. The Kier molecular flexibility index (Phi) is 6.73. The van der Waals surface area contributed by atoms with Crippen LogP contribution in [-0.2, 0) is 27.4 Å². The van der Waals surface area contributed by atoms with Gasteiger partial charge in [0.25, 0.3) is 0 Å². The van der Waals surface area contributed by atoms with E-state index < -0.39 is 17.7 Å². The summed E-state index contributed by atoms with van der Waals surface area (Å²) < 4.78 is 22.3. The van der Waals surface area contributed by atoms with Crippen molar-refractivity contribution in [1.82, 2.24) is 4.57 Å². The molecule has 0 saturated heterocycles. The Morgan fingerprint density at radius 3 is 2.36 bits per heavy atom. The maximum absolute atomic E-state index is 12.3. The first kappa shape index (κ1) is 18.7. The minimum Gasteiger partial charge on any atom is -0.482 e. The Morgan fingerprint density at radius 1 is 1.08 bits per heavy atom. The summed E-state index contributed by atoms with van der Waals surface area (Å²) in [5.41, 5.74) is 0.490. The Balaban J connectivity index is 2.38. The van der Waals surface area contributed by atoms with Crippen molar-refractivity contribution < 1.29 is 23.7 Å². The van der Waals surface area contributed by atoms with Crippen LogP contribution in [0, 0.1) is 0 Å². The summed E-state index contributed by atoms with van der Waals surface area (Å²) in [5, 5.41) is 0. The van der Waals surface area contributed by atoms with E-state index in [0.717, 1.165) is 5.56 Å². The zero-order valence-electron chi connectivity index (χ0n) is 14.4. The van der Waals surface area contributed by atoms with Crippen LogP contribution >= 0.6 is 0 Å². The van der Waals surface area contributed by atoms with E-state index in [1.807, 2.05) is 30.3 Å². The van der Waals surface area contributed by atoms with Crippen molar-refractivity contribution in [3.05, 3.63) is 64.1 Å². The molecular formula is C18H21NO6. The fraction of sp³-hybridized carbons (Fsp3) is 0.333. The monoisotopic (exact) mass is 347 g/mol. The Hall–Kier alpha value is -2.64. The lowest BCUT2D eigenvalue weighted by atomic mass is 10.2. The van der Waals surface area contributed by atoms with Gasteiger partial charge in [0.05, 0.1) is 13.7 Å². The van der Waals surface area contributed by atoms with Gasteiger partial charge in [-0.2, -0.15) is 0 Å². The summed E-state index contributed by atoms with van der Waals surface area (Å²) in [6.45, 7) is 0.349. The molecule has 0 aliphatic heterocycles. The predicted octanol–water partition coefficient (Wildman–Crippen LogP) is 1.83. The normalized spacial score (nSPS) is 10.7. The van der Waals surface area contributed by atoms with Crippen LogP contribution in [0.25, 0.3) is 0 Å². The van der Waals surface area contributed by atoms with Crippen LogP contribution in [0.2, 0.25) is 0 Å². The van der Waals surface area contributed by atoms with Crippen LogP contribution in [0.4, 0.5) is 0 Å². The van der Waals surface area contributed by atoms with E-state index >= 15 is 0 Å². The Morgan fingerprint density at radius 2 is 1.76 bits per heavy atom. The summed E-state index contributed by atoms with van der Waals surface area (Å²) in [7, 11) is 4.22. The smallest absolute Gasteiger partial charge is 0.358 e. The maximum atomic E-state index is 12.3. The van der Waals surface area contributed by atoms with Crippen molar-refractivity contribution >= 4 is 5.97 Å². The van der Waals surface area contributed by atoms with Gasteiger partial charge in [-0.25, -0.2) is 4.79 Å². The molecular weight excluding hydrogens is 326 g/mol. The summed E-state index contributed by atoms with van der Waals surface area (Å²) in [6.07, 6.45) is 0.891. The third kappa shape index (κ3) is 4.68. The second-order valence-corrected chi connectivity index (χ2v) is 5.18. The van der Waals surface area contributed by atoms with Gasteiger partial charge in [-0.15, -0.1) is 0 Å². The topological polar surface area (TPSA) is 76.0 Å². The van der Waals surface area contributed by atoms with E-state index in [1.54, 1.807) is 0 Å². The quantitative estimate of drug-likeness (QED) is 0.536. The molecule has 0 saturated carbocycles.